The highest BCUT2D eigenvalue weighted by molar-refractivity contribution is 5.86. The lowest BCUT2D eigenvalue weighted by atomic mass is 9.96. The molecule has 0 heterocycles. The number of amidine groups is 1. The van der Waals surface area contributed by atoms with E-state index >= 15 is 0 Å². The quantitative estimate of drug-likeness (QED) is 0.314. The minimum absolute atomic E-state index is 0.0359. The van der Waals surface area contributed by atoms with E-state index in [1.807, 2.05) is 38.1 Å². The van der Waals surface area contributed by atoms with E-state index in [2.05, 4.69) is 5.16 Å². The van der Waals surface area contributed by atoms with Crippen molar-refractivity contribution < 1.29 is 5.21 Å². The topological polar surface area (TPSA) is 58.6 Å². The standard InChI is InChI=1S/C10H14N2O/c1-7-5-3-4-6-9(7)8(2)10(11)12-13/h3-6,8,13H,1-2H3,(H2,11,12)/t8-/m1/s1. The number of hydrogen-bond donors (Lipinski definition) is 2. The van der Waals surface area contributed by atoms with Gasteiger partial charge in [0.1, 0.15) is 5.84 Å². The third-order valence-corrected chi connectivity index (χ3v) is 2.21. The van der Waals surface area contributed by atoms with Crippen LogP contribution in [0.2, 0.25) is 0 Å². The zero-order valence-corrected chi connectivity index (χ0v) is 7.86. The van der Waals surface area contributed by atoms with Crippen LogP contribution in [-0.4, -0.2) is 11.0 Å². The molecule has 0 fully saturated rings. The number of aryl methyl sites for hydroxylation is 1. The molecule has 70 valence electrons. The maximum Gasteiger partial charge on any atom is 0.146 e. The zero-order valence-electron chi connectivity index (χ0n) is 7.86. The maximum absolute atomic E-state index is 8.52. The fourth-order valence-electron chi connectivity index (χ4n) is 1.32. The van der Waals surface area contributed by atoms with Crippen molar-refractivity contribution in [1.29, 1.82) is 0 Å². The Bertz CT molecular complexity index is 320. The number of nitrogens with zero attached hydrogens (tertiary/aromatic N) is 1. The van der Waals surface area contributed by atoms with Gasteiger partial charge in [-0.2, -0.15) is 0 Å². The average Bonchev–Trinajstić information content (AvgIpc) is 2.16. The summed E-state index contributed by atoms with van der Waals surface area (Å²) >= 11 is 0. The van der Waals surface area contributed by atoms with Gasteiger partial charge in [0.2, 0.25) is 0 Å². The number of nitrogens with two attached hydrogens (primary N) is 1. The van der Waals surface area contributed by atoms with E-state index in [1.165, 1.54) is 0 Å². The molecule has 0 aliphatic carbocycles. The molecular formula is C10H14N2O. The van der Waals surface area contributed by atoms with E-state index in [9.17, 15) is 0 Å². The Morgan fingerprint density at radius 2 is 2.08 bits per heavy atom. The predicted molar refractivity (Wildman–Crippen MR) is 53.0 cm³/mol. The Morgan fingerprint density at radius 1 is 1.46 bits per heavy atom. The van der Waals surface area contributed by atoms with Crippen LogP contribution in [-0.2, 0) is 0 Å². The predicted octanol–water partition coefficient (Wildman–Crippen LogP) is 1.84. The van der Waals surface area contributed by atoms with Crippen molar-refractivity contribution in [3.8, 4) is 0 Å². The summed E-state index contributed by atoms with van der Waals surface area (Å²) in [5, 5.41) is 11.5. The molecule has 0 saturated carbocycles. The largest absolute Gasteiger partial charge is 0.409 e. The molecule has 3 heteroatoms. The molecule has 1 rings (SSSR count). The SMILES string of the molecule is Cc1ccccc1[C@@H](C)/C(N)=N/O. The highest BCUT2D eigenvalue weighted by Gasteiger charge is 2.11. The number of benzene rings is 1. The summed E-state index contributed by atoms with van der Waals surface area (Å²) in [6.07, 6.45) is 0. The van der Waals surface area contributed by atoms with Crippen molar-refractivity contribution in [3.05, 3.63) is 35.4 Å². The number of oxime groups is 1. The summed E-state index contributed by atoms with van der Waals surface area (Å²) in [6, 6.07) is 7.91. The summed E-state index contributed by atoms with van der Waals surface area (Å²) in [4.78, 5) is 0. The molecule has 0 saturated heterocycles. The van der Waals surface area contributed by atoms with Crippen molar-refractivity contribution in [2.75, 3.05) is 0 Å². The van der Waals surface area contributed by atoms with Crippen molar-refractivity contribution in [1.82, 2.24) is 0 Å². The summed E-state index contributed by atoms with van der Waals surface area (Å²) in [7, 11) is 0. The normalized spacial score (nSPS) is 14.2. The Balaban J connectivity index is 3.02. The Labute approximate surface area is 77.9 Å². The molecule has 1 aromatic rings. The van der Waals surface area contributed by atoms with E-state index in [1.54, 1.807) is 0 Å². The fourth-order valence-corrected chi connectivity index (χ4v) is 1.32. The second-order valence-electron chi connectivity index (χ2n) is 3.10. The van der Waals surface area contributed by atoms with Gasteiger partial charge in [0, 0.05) is 5.92 Å². The molecule has 0 aromatic heterocycles. The van der Waals surface area contributed by atoms with Crippen LogP contribution in [0.3, 0.4) is 0 Å². The van der Waals surface area contributed by atoms with Gasteiger partial charge in [-0.1, -0.05) is 36.3 Å². The molecule has 0 aliphatic heterocycles. The summed E-state index contributed by atoms with van der Waals surface area (Å²) in [6.45, 7) is 3.92. The Kier molecular flexibility index (Phi) is 2.90. The molecule has 0 aliphatic rings. The summed E-state index contributed by atoms with van der Waals surface area (Å²) in [5.41, 5.74) is 7.77. The van der Waals surface area contributed by atoms with Crippen molar-refractivity contribution >= 4 is 5.84 Å². The van der Waals surface area contributed by atoms with Crippen LogP contribution in [0.25, 0.3) is 0 Å². The van der Waals surface area contributed by atoms with Crippen LogP contribution in [0.1, 0.15) is 24.0 Å². The monoisotopic (exact) mass is 178 g/mol. The third kappa shape index (κ3) is 1.99. The van der Waals surface area contributed by atoms with Gasteiger partial charge in [0.15, 0.2) is 0 Å². The fraction of sp³-hybridized carbons (Fsp3) is 0.300. The van der Waals surface area contributed by atoms with Gasteiger partial charge in [-0.15, -0.1) is 0 Å². The van der Waals surface area contributed by atoms with Crippen molar-refractivity contribution in [2.45, 2.75) is 19.8 Å². The first-order valence-electron chi connectivity index (χ1n) is 4.19. The van der Waals surface area contributed by atoms with E-state index in [-0.39, 0.29) is 11.8 Å². The first kappa shape index (κ1) is 9.58. The maximum atomic E-state index is 8.52. The molecule has 13 heavy (non-hydrogen) atoms. The van der Waals surface area contributed by atoms with Crippen LogP contribution in [0, 0.1) is 6.92 Å². The van der Waals surface area contributed by atoms with Crippen LogP contribution in [0.15, 0.2) is 29.4 Å². The van der Waals surface area contributed by atoms with Crippen molar-refractivity contribution in [3.63, 3.8) is 0 Å². The molecule has 0 amide bonds. The number of rotatable bonds is 2. The van der Waals surface area contributed by atoms with E-state index in [4.69, 9.17) is 10.9 Å². The van der Waals surface area contributed by atoms with E-state index in [0.29, 0.717) is 0 Å². The second-order valence-corrected chi connectivity index (χ2v) is 3.10. The molecule has 1 atom stereocenters. The second kappa shape index (κ2) is 3.94. The molecule has 0 unspecified atom stereocenters. The Hall–Kier alpha value is -1.51. The average molecular weight is 178 g/mol. The summed E-state index contributed by atoms with van der Waals surface area (Å²) in [5.74, 6) is 0.209. The van der Waals surface area contributed by atoms with Gasteiger partial charge in [0.25, 0.3) is 0 Å². The molecule has 1 aromatic carbocycles. The molecule has 0 radical (unpaired) electrons. The molecule has 3 nitrogen and oxygen atoms in total. The lowest BCUT2D eigenvalue weighted by Gasteiger charge is -2.12. The van der Waals surface area contributed by atoms with E-state index in [0.717, 1.165) is 11.1 Å². The van der Waals surface area contributed by atoms with Gasteiger partial charge in [-0.3, -0.25) is 0 Å². The Morgan fingerprint density at radius 3 is 2.62 bits per heavy atom. The minimum Gasteiger partial charge on any atom is -0.409 e. The molecular weight excluding hydrogens is 164 g/mol. The molecule has 0 bridgehead atoms. The summed E-state index contributed by atoms with van der Waals surface area (Å²) < 4.78 is 0. The van der Waals surface area contributed by atoms with Gasteiger partial charge in [-0.05, 0) is 18.1 Å². The van der Waals surface area contributed by atoms with Crippen LogP contribution in [0.5, 0.6) is 0 Å². The van der Waals surface area contributed by atoms with Gasteiger partial charge in [-0.25, -0.2) is 0 Å². The van der Waals surface area contributed by atoms with Crippen LogP contribution < -0.4 is 5.73 Å². The van der Waals surface area contributed by atoms with E-state index < -0.39 is 0 Å². The van der Waals surface area contributed by atoms with Gasteiger partial charge < -0.3 is 10.9 Å². The highest BCUT2D eigenvalue weighted by atomic mass is 16.4. The smallest absolute Gasteiger partial charge is 0.146 e. The zero-order chi connectivity index (χ0) is 9.84. The first-order chi connectivity index (χ1) is 6.16. The first-order valence-corrected chi connectivity index (χ1v) is 4.19. The lowest BCUT2D eigenvalue weighted by molar-refractivity contribution is 0.316. The van der Waals surface area contributed by atoms with Crippen molar-refractivity contribution in [2.24, 2.45) is 10.9 Å². The molecule has 3 N–H and O–H groups in total. The minimum atomic E-state index is -0.0359. The highest BCUT2D eigenvalue weighted by Crippen LogP contribution is 2.18. The lowest BCUT2D eigenvalue weighted by Crippen LogP contribution is -2.20. The molecule has 0 spiro atoms. The number of hydrogen-bond acceptors (Lipinski definition) is 2. The van der Waals surface area contributed by atoms with Crippen LogP contribution >= 0.6 is 0 Å². The van der Waals surface area contributed by atoms with Gasteiger partial charge in [0.05, 0.1) is 0 Å². The van der Waals surface area contributed by atoms with Crippen LogP contribution in [0.4, 0.5) is 0 Å². The van der Waals surface area contributed by atoms with Gasteiger partial charge >= 0.3 is 0 Å². The third-order valence-electron chi connectivity index (χ3n) is 2.21.